The summed E-state index contributed by atoms with van der Waals surface area (Å²) in [4.78, 5) is 20.0. The molecule has 0 bridgehead atoms. The Balaban J connectivity index is 1.37. The average Bonchev–Trinajstić information content (AvgIpc) is 3.52. The molecular weight excluding hydrogens is 422 g/mol. The Morgan fingerprint density at radius 2 is 2.00 bits per heavy atom. The van der Waals surface area contributed by atoms with E-state index in [1.54, 1.807) is 17.6 Å². The molecule has 1 fully saturated rings. The van der Waals surface area contributed by atoms with Gasteiger partial charge in [-0.25, -0.2) is 4.98 Å². The van der Waals surface area contributed by atoms with E-state index in [1.165, 1.54) is 0 Å². The zero-order valence-electron chi connectivity index (χ0n) is 17.7. The molecule has 4 aromatic rings. The van der Waals surface area contributed by atoms with E-state index in [-0.39, 0.29) is 11.9 Å². The average molecular weight is 446 g/mol. The predicted octanol–water partition coefficient (Wildman–Crippen LogP) is 5.17. The smallest absolute Gasteiger partial charge is 0.247 e. The molecule has 3 aromatic heterocycles. The van der Waals surface area contributed by atoms with Crippen LogP contribution in [0.1, 0.15) is 24.3 Å². The number of furan rings is 1. The van der Waals surface area contributed by atoms with E-state index in [9.17, 15) is 4.79 Å². The van der Waals surface area contributed by atoms with Crippen molar-refractivity contribution in [3.8, 4) is 22.7 Å². The number of rotatable bonds is 5. The van der Waals surface area contributed by atoms with Crippen molar-refractivity contribution in [2.24, 2.45) is 0 Å². The molecule has 1 unspecified atom stereocenters. The second-order valence-electron chi connectivity index (χ2n) is 7.75. The molecule has 1 atom stereocenters. The van der Waals surface area contributed by atoms with Gasteiger partial charge in [0.1, 0.15) is 11.7 Å². The van der Waals surface area contributed by atoms with Crippen LogP contribution in [0.25, 0.3) is 22.7 Å². The van der Waals surface area contributed by atoms with E-state index in [4.69, 9.17) is 4.42 Å². The minimum atomic E-state index is -0.308. The van der Waals surface area contributed by atoms with Crippen molar-refractivity contribution in [1.29, 1.82) is 0 Å². The molecule has 1 aromatic carbocycles. The molecule has 32 heavy (non-hydrogen) atoms. The molecule has 7 nitrogen and oxygen atoms in total. The number of nitrogens with zero attached hydrogens (tertiary/aromatic N) is 4. The van der Waals surface area contributed by atoms with Gasteiger partial charge in [-0.1, -0.05) is 18.2 Å². The molecule has 0 saturated carbocycles. The number of hydrogen-bond donors (Lipinski definition) is 1. The van der Waals surface area contributed by atoms with Crippen molar-refractivity contribution in [2.75, 3.05) is 16.8 Å². The van der Waals surface area contributed by atoms with Gasteiger partial charge < -0.3 is 14.6 Å². The van der Waals surface area contributed by atoms with Crippen LogP contribution in [0, 0.1) is 6.92 Å². The second-order valence-corrected chi connectivity index (χ2v) is 8.81. The van der Waals surface area contributed by atoms with Crippen LogP contribution in [0.15, 0.2) is 64.6 Å². The lowest BCUT2D eigenvalue weighted by molar-refractivity contribution is -0.117. The quantitative estimate of drug-likeness (QED) is 0.456. The SMILES string of the molecule is Cc1nc(-c2ccccc2NC(=O)C2CCCCN2c2ccc(-c3ccco3)nn2)cs1. The highest BCUT2D eigenvalue weighted by molar-refractivity contribution is 7.09. The highest BCUT2D eigenvalue weighted by Crippen LogP contribution is 2.30. The highest BCUT2D eigenvalue weighted by atomic mass is 32.1. The van der Waals surface area contributed by atoms with Gasteiger partial charge in [0.2, 0.25) is 5.91 Å². The number of benzene rings is 1. The maximum absolute atomic E-state index is 13.4. The molecule has 1 aliphatic rings. The van der Waals surface area contributed by atoms with Gasteiger partial charge in [0.25, 0.3) is 0 Å². The van der Waals surface area contributed by atoms with Crippen molar-refractivity contribution in [3.05, 3.63) is 65.2 Å². The number of carbonyl (C=O) groups is 1. The van der Waals surface area contributed by atoms with Crippen molar-refractivity contribution in [2.45, 2.75) is 32.2 Å². The van der Waals surface area contributed by atoms with E-state index in [1.807, 2.05) is 65.7 Å². The third-order valence-electron chi connectivity index (χ3n) is 5.60. The van der Waals surface area contributed by atoms with Crippen LogP contribution in [-0.2, 0) is 4.79 Å². The normalized spacial score (nSPS) is 16.2. The molecule has 8 heteroatoms. The molecule has 5 rings (SSSR count). The number of aryl methyl sites for hydroxylation is 1. The topological polar surface area (TPSA) is 84.2 Å². The van der Waals surface area contributed by atoms with E-state index in [2.05, 4.69) is 20.5 Å². The Kier molecular flexibility index (Phi) is 5.68. The van der Waals surface area contributed by atoms with Crippen molar-refractivity contribution in [1.82, 2.24) is 15.2 Å². The Labute approximate surface area is 190 Å². The molecule has 1 amide bonds. The van der Waals surface area contributed by atoms with Crippen molar-refractivity contribution in [3.63, 3.8) is 0 Å². The summed E-state index contributed by atoms with van der Waals surface area (Å²) < 4.78 is 5.40. The van der Waals surface area contributed by atoms with Crippen LogP contribution in [0.2, 0.25) is 0 Å². The van der Waals surface area contributed by atoms with Gasteiger partial charge in [0.15, 0.2) is 11.6 Å². The first-order chi connectivity index (χ1) is 15.7. The number of anilines is 2. The summed E-state index contributed by atoms with van der Waals surface area (Å²) in [5.74, 6) is 1.33. The van der Waals surface area contributed by atoms with E-state index < -0.39 is 0 Å². The molecule has 0 radical (unpaired) electrons. The van der Waals surface area contributed by atoms with Crippen LogP contribution < -0.4 is 10.2 Å². The summed E-state index contributed by atoms with van der Waals surface area (Å²) in [6, 6.07) is 14.9. The summed E-state index contributed by atoms with van der Waals surface area (Å²) >= 11 is 1.60. The van der Waals surface area contributed by atoms with Gasteiger partial charge in [0, 0.05) is 17.5 Å². The lowest BCUT2D eigenvalue weighted by Gasteiger charge is -2.35. The molecule has 1 N–H and O–H groups in total. The Bertz CT molecular complexity index is 1200. The monoisotopic (exact) mass is 445 g/mol. The van der Waals surface area contributed by atoms with Gasteiger partial charge in [-0.2, -0.15) is 0 Å². The van der Waals surface area contributed by atoms with Crippen molar-refractivity contribution >= 4 is 28.7 Å². The standard InChI is InChI=1S/C24H23N5O2S/c1-16-25-20(15-32-16)17-7-2-3-8-18(17)26-24(30)21-9-4-5-13-29(21)23-12-11-19(27-28-23)22-10-6-14-31-22/h2-3,6-8,10-12,14-15,21H,4-5,9,13H2,1H3,(H,26,30). The van der Waals surface area contributed by atoms with Gasteiger partial charge in [-0.15, -0.1) is 21.5 Å². The first kappa shape index (κ1) is 20.4. The number of carbonyl (C=O) groups excluding carboxylic acids is 1. The molecule has 1 aliphatic heterocycles. The fraction of sp³-hybridized carbons (Fsp3) is 0.250. The summed E-state index contributed by atoms with van der Waals surface area (Å²) in [6.07, 6.45) is 4.39. The van der Waals surface area contributed by atoms with E-state index in [0.717, 1.165) is 47.8 Å². The fourth-order valence-corrected chi connectivity index (χ4v) is 4.64. The van der Waals surface area contributed by atoms with Crippen LogP contribution >= 0.6 is 11.3 Å². The summed E-state index contributed by atoms with van der Waals surface area (Å²) in [5, 5.41) is 14.9. The number of aromatic nitrogens is 3. The molecular formula is C24H23N5O2S. The lowest BCUT2D eigenvalue weighted by atomic mass is 10.0. The molecule has 4 heterocycles. The Morgan fingerprint density at radius 3 is 2.75 bits per heavy atom. The fourth-order valence-electron chi connectivity index (χ4n) is 4.03. The maximum Gasteiger partial charge on any atom is 0.247 e. The number of hydrogen-bond acceptors (Lipinski definition) is 7. The van der Waals surface area contributed by atoms with E-state index in [0.29, 0.717) is 17.3 Å². The first-order valence-electron chi connectivity index (χ1n) is 10.7. The van der Waals surface area contributed by atoms with Crippen LogP contribution in [-0.4, -0.2) is 33.7 Å². The summed E-state index contributed by atoms with van der Waals surface area (Å²) in [7, 11) is 0. The molecule has 0 spiro atoms. The molecule has 0 aliphatic carbocycles. The zero-order valence-corrected chi connectivity index (χ0v) is 18.5. The number of piperidine rings is 1. The van der Waals surface area contributed by atoms with Gasteiger partial charge in [-0.05, 0) is 56.5 Å². The predicted molar refractivity (Wildman–Crippen MR) is 126 cm³/mol. The lowest BCUT2D eigenvalue weighted by Crippen LogP contribution is -2.47. The largest absolute Gasteiger partial charge is 0.463 e. The minimum absolute atomic E-state index is 0.0407. The number of amides is 1. The summed E-state index contributed by atoms with van der Waals surface area (Å²) in [5.41, 5.74) is 3.25. The van der Waals surface area contributed by atoms with E-state index >= 15 is 0 Å². The summed E-state index contributed by atoms with van der Waals surface area (Å²) in [6.45, 7) is 2.74. The molecule has 162 valence electrons. The Hall–Kier alpha value is -3.52. The third kappa shape index (κ3) is 4.13. The number of para-hydroxylation sites is 1. The maximum atomic E-state index is 13.4. The Morgan fingerprint density at radius 1 is 1.09 bits per heavy atom. The van der Waals surface area contributed by atoms with Crippen LogP contribution in [0.3, 0.4) is 0 Å². The minimum Gasteiger partial charge on any atom is -0.463 e. The second kappa shape index (κ2) is 8.92. The third-order valence-corrected chi connectivity index (χ3v) is 6.38. The first-order valence-corrected chi connectivity index (χ1v) is 11.5. The number of nitrogens with one attached hydrogen (secondary N) is 1. The zero-order chi connectivity index (χ0) is 21.9. The van der Waals surface area contributed by atoms with Gasteiger partial charge in [0.05, 0.1) is 22.7 Å². The highest BCUT2D eigenvalue weighted by Gasteiger charge is 2.30. The number of thiazole rings is 1. The molecule has 1 saturated heterocycles. The van der Waals surface area contributed by atoms with Crippen LogP contribution in [0.4, 0.5) is 11.5 Å². The van der Waals surface area contributed by atoms with Crippen molar-refractivity contribution < 1.29 is 9.21 Å². The van der Waals surface area contributed by atoms with Gasteiger partial charge >= 0.3 is 0 Å². The van der Waals surface area contributed by atoms with Gasteiger partial charge in [-0.3, -0.25) is 4.79 Å². The van der Waals surface area contributed by atoms with Crippen LogP contribution in [0.5, 0.6) is 0 Å².